The minimum Gasteiger partial charge on any atom is -0.355 e. The molecule has 1 unspecified atom stereocenters. The van der Waals surface area contributed by atoms with Gasteiger partial charge in [-0.1, -0.05) is 0 Å². The van der Waals surface area contributed by atoms with E-state index in [2.05, 4.69) is 21.3 Å². The lowest BCUT2D eigenvalue weighted by Gasteiger charge is -2.34. The molecule has 0 aromatic heterocycles. The van der Waals surface area contributed by atoms with Gasteiger partial charge in [-0.05, 0) is 6.92 Å². The second-order valence-corrected chi connectivity index (χ2v) is 4.92. The molecule has 3 amide bonds. The zero-order chi connectivity index (χ0) is 15.7. The van der Waals surface area contributed by atoms with Gasteiger partial charge in [0.2, 0.25) is 17.7 Å². The predicted octanol–water partition coefficient (Wildman–Crippen LogP) is -2.35. The smallest absolute Gasteiger partial charge is 0.238 e. The number of hydrogen-bond acceptors (Lipinski definition) is 5. The summed E-state index contributed by atoms with van der Waals surface area (Å²) >= 11 is 0. The van der Waals surface area contributed by atoms with Crippen molar-refractivity contribution in [1.82, 2.24) is 26.2 Å². The highest BCUT2D eigenvalue weighted by molar-refractivity contribution is 5.84. The SMILES string of the molecule is CCNC(=O)C1CNCCN1CC(=O)NCCNC(C)=O. The van der Waals surface area contributed by atoms with Crippen LogP contribution in [0, 0.1) is 0 Å². The van der Waals surface area contributed by atoms with Gasteiger partial charge in [0.25, 0.3) is 0 Å². The first kappa shape index (κ1) is 17.4. The van der Waals surface area contributed by atoms with Gasteiger partial charge in [0, 0.05) is 46.2 Å². The second-order valence-electron chi connectivity index (χ2n) is 4.92. The van der Waals surface area contributed by atoms with Crippen molar-refractivity contribution in [2.75, 3.05) is 45.8 Å². The van der Waals surface area contributed by atoms with Crippen LogP contribution in [0.4, 0.5) is 0 Å². The van der Waals surface area contributed by atoms with Crippen molar-refractivity contribution in [1.29, 1.82) is 0 Å². The van der Waals surface area contributed by atoms with Crippen LogP contribution in [0.1, 0.15) is 13.8 Å². The van der Waals surface area contributed by atoms with Gasteiger partial charge in [-0.2, -0.15) is 0 Å². The summed E-state index contributed by atoms with van der Waals surface area (Å²) in [4.78, 5) is 36.4. The van der Waals surface area contributed by atoms with Crippen molar-refractivity contribution in [3.05, 3.63) is 0 Å². The Morgan fingerprint density at radius 2 is 1.90 bits per heavy atom. The van der Waals surface area contributed by atoms with E-state index in [4.69, 9.17) is 0 Å². The van der Waals surface area contributed by atoms with Crippen molar-refractivity contribution in [3.63, 3.8) is 0 Å². The molecule has 0 saturated carbocycles. The molecule has 1 aliphatic heterocycles. The van der Waals surface area contributed by atoms with Crippen LogP contribution in [0.25, 0.3) is 0 Å². The average Bonchev–Trinajstić information content (AvgIpc) is 2.44. The molecule has 0 radical (unpaired) electrons. The third-order valence-corrected chi connectivity index (χ3v) is 3.18. The summed E-state index contributed by atoms with van der Waals surface area (Å²) in [7, 11) is 0. The van der Waals surface area contributed by atoms with E-state index in [0.717, 1.165) is 6.54 Å². The Morgan fingerprint density at radius 1 is 1.19 bits per heavy atom. The van der Waals surface area contributed by atoms with E-state index in [-0.39, 0.29) is 30.3 Å². The highest BCUT2D eigenvalue weighted by Crippen LogP contribution is 2.03. The van der Waals surface area contributed by atoms with E-state index < -0.39 is 0 Å². The number of likely N-dealkylation sites (N-methyl/N-ethyl adjacent to an activating group) is 1. The number of nitrogens with one attached hydrogen (secondary N) is 4. The van der Waals surface area contributed by atoms with E-state index in [9.17, 15) is 14.4 Å². The molecular weight excluding hydrogens is 274 g/mol. The molecule has 1 rings (SSSR count). The Labute approximate surface area is 125 Å². The van der Waals surface area contributed by atoms with Crippen LogP contribution >= 0.6 is 0 Å². The first-order chi connectivity index (χ1) is 10.0. The van der Waals surface area contributed by atoms with Crippen molar-refractivity contribution in [3.8, 4) is 0 Å². The standard InChI is InChI=1S/C13H25N5O3/c1-3-15-13(21)11-8-14-6-7-18(11)9-12(20)17-5-4-16-10(2)19/h11,14H,3-9H2,1-2H3,(H,15,21)(H,16,19)(H,17,20). The topological polar surface area (TPSA) is 103 Å². The van der Waals surface area contributed by atoms with Gasteiger partial charge in [0.15, 0.2) is 0 Å². The number of carbonyl (C=O) groups excluding carboxylic acids is 3. The highest BCUT2D eigenvalue weighted by Gasteiger charge is 2.29. The monoisotopic (exact) mass is 299 g/mol. The second kappa shape index (κ2) is 9.30. The fraction of sp³-hybridized carbons (Fsp3) is 0.769. The van der Waals surface area contributed by atoms with Crippen LogP contribution < -0.4 is 21.3 Å². The molecule has 1 atom stereocenters. The molecule has 1 fully saturated rings. The molecule has 1 heterocycles. The lowest BCUT2D eigenvalue weighted by atomic mass is 10.1. The van der Waals surface area contributed by atoms with Gasteiger partial charge < -0.3 is 21.3 Å². The van der Waals surface area contributed by atoms with E-state index >= 15 is 0 Å². The van der Waals surface area contributed by atoms with Crippen LogP contribution in [-0.2, 0) is 14.4 Å². The lowest BCUT2D eigenvalue weighted by Crippen LogP contribution is -2.59. The first-order valence-corrected chi connectivity index (χ1v) is 7.28. The molecule has 120 valence electrons. The van der Waals surface area contributed by atoms with Gasteiger partial charge in [-0.3, -0.25) is 19.3 Å². The Hall–Kier alpha value is -1.67. The van der Waals surface area contributed by atoms with Crippen LogP contribution in [0.15, 0.2) is 0 Å². The molecule has 0 aromatic rings. The number of hydrogen-bond donors (Lipinski definition) is 4. The van der Waals surface area contributed by atoms with Crippen LogP contribution in [-0.4, -0.2) is 74.5 Å². The van der Waals surface area contributed by atoms with Gasteiger partial charge >= 0.3 is 0 Å². The third-order valence-electron chi connectivity index (χ3n) is 3.18. The first-order valence-electron chi connectivity index (χ1n) is 7.28. The maximum Gasteiger partial charge on any atom is 0.238 e. The van der Waals surface area contributed by atoms with Crippen LogP contribution in [0.5, 0.6) is 0 Å². The number of piperazine rings is 1. The van der Waals surface area contributed by atoms with Crippen molar-refractivity contribution in [2.24, 2.45) is 0 Å². The van der Waals surface area contributed by atoms with Crippen LogP contribution in [0.2, 0.25) is 0 Å². The predicted molar refractivity (Wildman–Crippen MR) is 78.6 cm³/mol. The molecular formula is C13H25N5O3. The molecule has 0 aliphatic carbocycles. The highest BCUT2D eigenvalue weighted by atomic mass is 16.2. The summed E-state index contributed by atoms with van der Waals surface area (Å²) in [6.07, 6.45) is 0. The maximum atomic E-state index is 12.0. The minimum atomic E-state index is -0.320. The summed E-state index contributed by atoms with van der Waals surface area (Å²) in [5, 5.41) is 11.3. The molecule has 1 saturated heterocycles. The normalized spacial score (nSPS) is 18.9. The van der Waals surface area contributed by atoms with Crippen LogP contribution in [0.3, 0.4) is 0 Å². The minimum absolute atomic E-state index is 0.0595. The molecule has 8 nitrogen and oxygen atoms in total. The number of carbonyl (C=O) groups is 3. The largest absolute Gasteiger partial charge is 0.355 e. The Morgan fingerprint density at radius 3 is 2.57 bits per heavy atom. The molecule has 4 N–H and O–H groups in total. The van der Waals surface area contributed by atoms with Gasteiger partial charge in [-0.15, -0.1) is 0 Å². The number of amides is 3. The molecule has 1 aliphatic rings. The Balaban J connectivity index is 2.37. The van der Waals surface area contributed by atoms with Gasteiger partial charge in [0.1, 0.15) is 6.04 Å². The molecule has 0 spiro atoms. The van der Waals surface area contributed by atoms with Crippen molar-refractivity contribution >= 4 is 17.7 Å². The number of rotatable bonds is 7. The lowest BCUT2D eigenvalue weighted by molar-refractivity contribution is -0.129. The third kappa shape index (κ3) is 6.54. The summed E-state index contributed by atoms with van der Waals surface area (Å²) in [6.45, 7) is 6.81. The fourth-order valence-electron chi connectivity index (χ4n) is 2.17. The summed E-state index contributed by atoms with van der Waals surface area (Å²) in [5.41, 5.74) is 0. The Bertz CT molecular complexity index is 375. The molecule has 0 bridgehead atoms. The van der Waals surface area contributed by atoms with Crippen molar-refractivity contribution in [2.45, 2.75) is 19.9 Å². The van der Waals surface area contributed by atoms with E-state index in [1.807, 2.05) is 11.8 Å². The van der Waals surface area contributed by atoms with Crippen molar-refractivity contribution < 1.29 is 14.4 Å². The summed E-state index contributed by atoms with van der Waals surface area (Å²) < 4.78 is 0. The number of nitrogens with zero attached hydrogens (tertiary/aromatic N) is 1. The molecule has 8 heteroatoms. The van der Waals surface area contributed by atoms with E-state index in [1.165, 1.54) is 6.92 Å². The fourth-order valence-corrected chi connectivity index (χ4v) is 2.17. The van der Waals surface area contributed by atoms with E-state index in [1.54, 1.807) is 0 Å². The van der Waals surface area contributed by atoms with E-state index in [0.29, 0.717) is 32.7 Å². The van der Waals surface area contributed by atoms with Gasteiger partial charge in [-0.25, -0.2) is 0 Å². The summed E-state index contributed by atoms with van der Waals surface area (Å²) in [5.74, 6) is -0.324. The average molecular weight is 299 g/mol. The maximum absolute atomic E-state index is 12.0. The van der Waals surface area contributed by atoms with Gasteiger partial charge in [0.05, 0.1) is 6.54 Å². The molecule has 0 aromatic carbocycles. The Kier molecular flexibility index (Phi) is 7.70. The molecule has 21 heavy (non-hydrogen) atoms. The summed E-state index contributed by atoms with van der Waals surface area (Å²) in [6, 6.07) is -0.320. The zero-order valence-electron chi connectivity index (χ0n) is 12.7. The zero-order valence-corrected chi connectivity index (χ0v) is 12.7. The quantitative estimate of drug-likeness (QED) is 0.394.